The van der Waals surface area contributed by atoms with Crippen molar-refractivity contribution in [1.29, 1.82) is 0 Å². The minimum absolute atomic E-state index is 0.0289. The Bertz CT molecular complexity index is 667. The summed E-state index contributed by atoms with van der Waals surface area (Å²) in [6.45, 7) is 5.69. The Kier molecular flexibility index (Phi) is 4.77. The van der Waals surface area contributed by atoms with E-state index in [4.69, 9.17) is 9.15 Å². The van der Waals surface area contributed by atoms with E-state index in [1.165, 1.54) is 6.07 Å². The van der Waals surface area contributed by atoms with E-state index in [0.29, 0.717) is 10.2 Å². The molecule has 0 saturated heterocycles. The Morgan fingerprint density at radius 2 is 2.19 bits per heavy atom. The number of carbonyl (C=O) groups excluding carboxylic acids is 1. The van der Waals surface area contributed by atoms with Crippen LogP contribution in [-0.2, 0) is 4.74 Å². The monoisotopic (exact) mass is 355 g/mol. The van der Waals surface area contributed by atoms with Crippen molar-refractivity contribution in [1.82, 2.24) is 4.98 Å². The maximum Gasteiger partial charge on any atom is 0.376 e. The van der Waals surface area contributed by atoms with Crippen LogP contribution in [0.1, 0.15) is 42.9 Å². The predicted octanol–water partition coefficient (Wildman–Crippen LogP) is 4.54. The molecule has 0 radical (unpaired) electrons. The van der Waals surface area contributed by atoms with Gasteiger partial charge in [-0.05, 0) is 31.0 Å². The lowest BCUT2D eigenvalue weighted by Crippen LogP contribution is -2.07. The van der Waals surface area contributed by atoms with Crippen LogP contribution < -0.4 is 0 Å². The zero-order valence-electron chi connectivity index (χ0n) is 11.9. The number of aromatic nitrogens is 1. The molecule has 21 heavy (non-hydrogen) atoms. The van der Waals surface area contributed by atoms with Crippen LogP contribution in [-0.4, -0.2) is 17.6 Å². The molecule has 0 N–H and O–H groups in total. The molecule has 0 aliphatic carbocycles. The van der Waals surface area contributed by atoms with Crippen molar-refractivity contribution < 1.29 is 18.3 Å². The zero-order valence-corrected chi connectivity index (χ0v) is 13.5. The van der Waals surface area contributed by atoms with Gasteiger partial charge in [-0.1, -0.05) is 29.8 Å². The molecule has 0 amide bonds. The highest BCUT2D eigenvalue weighted by molar-refractivity contribution is 9.10. The molecule has 0 aliphatic heterocycles. The van der Waals surface area contributed by atoms with Gasteiger partial charge in [-0.2, -0.15) is 0 Å². The number of oxazole rings is 1. The first-order chi connectivity index (χ1) is 9.93. The zero-order chi connectivity index (χ0) is 15.6. The van der Waals surface area contributed by atoms with Gasteiger partial charge in [0.25, 0.3) is 0 Å². The van der Waals surface area contributed by atoms with Gasteiger partial charge in [-0.3, -0.25) is 0 Å². The summed E-state index contributed by atoms with van der Waals surface area (Å²) in [6.07, 6.45) is 0. The van der Waals surface area contributed by atoms with Gasteiger partial charge >= 0.3 is 5.97 Å². The number of halogens is 2. The number of nitrogens with zero attached hydrogens (tertiary/aromatic N) is 1. The molecule has 2 rings (SSSR count). The van der Waals surface area contributed by atoms with Crippen LogP contribution in [0.5, 0.6) is 0 Å². The normalized spacial score (nSPS) is 11.0. The van der Waals surface area contributed by atoms with Crippen molar-refractivity contribution in [3.63, 3.8) is 0 Å². The van der Waals surface area contributed by atoms with Gasteiger partial charge in [0.1, 0.15) is 5.82 Å². The van der Waals surface area contributed by atoms with E-state index in [9.17, 15) is 9.18 Å². The average Bonchev–Trinajstić information content (AvgIpc) is 2.87. The number of hydrogen-bond acceptors (Lipinski definition) is 4. The lowest BCUT2D eigenvalue weighted by molar-refractivity contribution is 0.0488. The molecule has 1 aromatic carbocycles. The van der Waals surface area contributed by atoms with E-state index in [1.54, 1.807) is 19.1 Å². The molecule has 0 unspecified atom stereocenters. The fraction of sp³-hybridized carbons (Fsp3) is 0.333. The first-order valence-corrected chi connectivity index (χ1v) is 7.36. The van der Waals surface area contributed by atoms with E-state index in [1.807, 2.05) is 13.8 Å². The van der Waals surface area contributed by atoms with Crippen LogP contribution in [0.2, 0.25) is 0 Å². The summed E-state index contributed by atoms with van der Waals surface area (Å²) in [5.74, 6) is -1.00. The second-order valence-corrected chi connectivity index (χ2v) is 5.65. The van der Waals surface area contributed by atoms with E-state index >= 15 is 0 Å². The second kappa shape index (κ2) is 6.39. The first-order valence-electron chi connectivity index (χ1n) is 6.57. The fourth-order valence-electron chi connectivity index (χ4n) is 1.84. The van der Waals surface area contributed by atoms with Gasteiger partial charge in [0.15, 0.2) is 0 Å². The number of benzene rings is 1. The first kappa shape index (κ1) is 15.7. The largest absolute Gasteiger partial charge is 0.460 e. The molecule has 0 fully saturated rings. The van der Waals surface area contributed by atoms with Crippen molar-refractivity contribution in [3.05, 3.63) is 39.9 Å². The highest BCUT2D eigenvalue weighted by Gasteiger charge is 2.25. The topological polar surface area (TPSA) is 52.3 Å². The lowest BCUT2D eigenvalue weighted by Gasteiger charge is -2.02. The van der Waals surface area contributed by atoms with Crippen molar-refractivity contribution in [3.8, 4) is 11.5 Å². The van der Waals surface area contributed by atoms with Crippen molar-refractivity contribution >= 4 is 21.9 Å². The Morgan fingerprint density at radius 1 is 1.48 bits per heavy atom. The van der Waals surface area contributed by atoms with E-state index in [0.717, 1.165) is 0 Å². The van der Waals surface area contributed by atoms with Gasteiger partial charge in [-0.15, -0.1) is 0 Å². The molecule has 0 bridgehead atoms. The Morgan fingerprint density at radius 3 is 2.81 bits per heavy atom. The molecule has 0 atom stereocenters. The molecule has 0 saturated carbocycles. The highest BCUT2D eigenvalue weighted by Crippen LogP contribution is 2.30. The summed E-state index contributed by atoms with van der Waals surface area (Å²) in [5.41, 5.74) is 0.657. The lowest BCUT2D eigenvalue weighted by atomic mass is 10.1. The van der Waals surface area contributed by atoms with Gasteiger partial charge in [0.05, 0.1) is 17.9 Å². The molecule has 6 heteroatoms. The van der Waals surface area contributed by atoms with Crippen LogP contribution in [0.3, 0.4) is 0 Å². The fourth-order valence-corrected chi connectivity index (χ4v) is 2.20. The molecule has 112 valence electrons. The molecule has 1 aromatic heterocycles. The summed E-state index contributed by atoms with van der Waals surface area (Å²) < 4.78 is 25.0. The number of rotatable bonds is 4. The number of carbonyl (C=O) groups is 1. The maximum absolute atomic E-state index is 13.9. The van der Waals surface area contributed by atoms with Gasteiger partial charge in [0, 0.05) is 4.47 Å². The number of ether oxygens (including phenoxy) is 1. The summed E-state index contributed by atoms with van der Waals surface area (Å²) in [7, 11) is 0. The minimum Gasteiger partial charge on any atom is -0.460 e. The summed E-state index contributed by atoms with van der Waals surface area (Å²) in [6, 6.07) is 4.44. The Labute approximate surface area is 130 Å². The van der Waals surface area contributed by atoms with E-state index in [-0.39, 0.29) is 29.7 Å². The quantitative estimate of drug-likeness (QED) is 0.755. The maximum atomic E-state index is 13.9. The molecule has 0 aliphatic rings. The SMILES string of the molecule is CCOC(=O)c1oc(-c2cc(Br)ccc2F)nc1C(C)C. The van der Waals surface area contributed by atoms with Gasteiger partial charge in [0.2, 0.25) is 11.7 Å². The molecule has 0 spiro atoms. The summed E-state index contributed by atoms with van der Waals surface area (Å²) in [4.78, 5) is 16.2. The van der Waals surface area contributed by atoms with Crippen LogP contribution in [0, 0.1) is 5.82 Å². The van der Waals surface area contributed by atoms with Crippen molar-refractivity contribution in [2.24, 2.45) is 0 Å². The van der Waals surface area contributed by atoms with Crippen LogP contribution in [0.15, 0.2) is 27.1 Å². The van der Waals surface area contributed by atoms with Crippen molar-refractivity contribution in [2.45, 2.75) is 26.7 Å². The van der Waals surface area contributed by atoms with E-state index < -0.39 is 11.8 Å². The third kappa shape index (κ3) is 3.32. The summed E-state index contributed by atoms with van der Waals surface area (Å²) in [5, 5.41) is 0. The van der Waals surface area contributed by atoms with E-state index in [2.05, 4.69) is 20.9 Å². The molecule has 2 aromatic rings. The van der Waals surface area contributed by atoms with Gasteiger partial charge in [-0.25, -0.2) is 14.2 Å². The second-order valence-electron chi connectivity index (χ2n) is 4.73. The summed E-state index contributed by atoms with van der Waals surface area (Å²) >= 11 is 3.27. The average molecular weight is 356 g/mol. The number of hydrogen-bond donors (Lipinski definition) is 0. The molecule has 4 nitrogen and oxygen atoms in total. The molecular weight excluding hydrogens is 341 g/mol. The highest BCUT2D eigenvalue weighted by atomic mass is 79.9. The smallest absolute Gasteiger partial charge is 0.376 e. The Balaban J connectivity index is 2.53. The van der Waals surface area contributed by atoms with Crippen LogP contribution in [0.25, 0.3) is 11.5 Å². The standard InChI is InChI=1S/C15H15BrFNO3/c1-4-20-15(19)13-12(8(2)3)18-14(21-13)10-7-9(16)5-6-11(10)17/h5-8H,4H2,1-3H3. The van der Waals surface area contributed by atoms with Crippen LogP contribution >= 0.6 is 15.9 Å². The van der Waals surface area contributed by atoms with Gasteiger partial charge < -0.3 is 9.15 Å². The Hall–Kier alpha value is -1.69. The molecule has 1 heterocycles. The van der Waals surface area contributed by atoms with Crippen molar-refractivity contribution in [2.75, 3.05) is 6.61 Å². The van der Waals surface area contributed by atoms with Crippen LogP contribution in [0.4, 0.5) is 4.39 Å². The predicted molar refractivity (Wildman–Crippen MR) is 79.6 cm³/mol. The number of esters is 1. The molecular formula is C15H15BrFNO3. The third-order valence-electron chi connectivity index (χ3n) is 2.82. The third-order valence-corrected chi connectivity index (χ3v) is 3.31. The minimum atomic E-state index is -0.588.